The summed E-state index contributed by atoms with van der Waals surface area (Å²) in [6, 6.07) is 16.3. The number of hydrazine groups is 1. The van der Waals surface area contributed by atoms with Crippen LogP contribution in [0.15, 0.2) is 73.1 Å². The zero-order valence-electron chi connectivity index (χ0n) is 21.1. The average Bonchev–Trinajstić information content (AvgIpc) is 2.97. The maximum absolute atomic E-state index is 14.2. The van der Waals surface area contributed by atoms with E-state index in [2.05, 4.69) is 36.4 Å². The number of aromatic hydroxyl groups is 1. The Morgan fingerprint density at radius 3 is 2.48 bits per heavy atom. The summed E-state index contributed by atoms with van der Waals surface area (Å²) in [5, 5.41) is 15.5. The van der Waals surface area contributed by atoms with Crippen molar-refractivity contribution in [2.45, 2.75) is 0 Å². The fourth-order valence-electron chi connectivity index (χ4n) is 3.89. The number of nitrogens with one attached hydrogen (secondary N) is 4. The Kier molecular flexibility index (Phi) is 7.92. The Morgan fingerprint density at radius 1 is 0.900 bits per heavy atom. The Bertz CT molecular complexity index is 1510. The number of rotatable bonds is 8. The van der Waals surface area contributed by atoms with E-state index in [0.717, 1.165) is 6.20 Å². The number of phenols is 1. The second-order valence-corrected chi connectivity index (χ2v) is 8.69. The lowest BCUT2D eigenvalue weighted by molar-refractivity contribution is 0.0956. The summed E-state index contributed by atoms with van der Waals surface area (Å²) >= 11 is 0. The first-order valence-electron chi connectivity index (χ1n) is 12.3. The van der Waals surface area contributed by atoms with Gasteiger partial charge in [0.25, 0.3) is 11.8 Å². The number of hydrogen-bond donors (Lipinski definition) is 5. The Labute approximate surface area is 228 Å². The summed E-state index contributed by atoms with van der Waals surface area (Å²) in [4.78, 5) is 39.1. The van der Waals surface area contributed by atoms with Gasteiger partial charge in [-0.05, 0) is 42.5 Å². The molecule has 204 valence electrons. The second-order valence-electron chi connectivity index (χ2n) is 8.69. The molecule has 5 rings (SSSR count). The van der Waals surface area contributed by atoms with Crippen LogP contribution in [-0.4, -0.2) is 58.2 Å². The number of aromatic nitrogens is 3. The van der Waals surface area contributed by atoms with Crippen LogP contribution in [0.5, 0.6) is 5.75 Å². The molecule has 0 bridgehead atoms. The molecule has 1 aliphatic heterocycles. The Balaban J connectivity index is 1.17. The number of morpholine rings is 1. The van der Waals surface area contributed by atoms with Crippen LogP contribution >= 0.6 is 0 Å². The number of amides is 2. The van der Waals surface area contributed by atoms with Crippen LogP contribution < -0.4 is 26.4 Å². The number of ether oxygens (including phenoxy) is 1. The number of carbonyl (C=O) groups excluding carboxylic acids is 2. The second kappa shape index (κ2) is 12.0. The highest BCUT2D eigenvalue weighted by Gasteiger charge is 2.18. The van der Waals surface area contributed by atoms with Gasteiger partial charge < -0.3 is 25.4 Å². The quantitative estimate of drug-likeness (QED) is 0.209. The fraction of sp³-hybridized carbons (Fsp3) is 0.148. The standard InChI is InChI=1S/C27H25FN8O4/c28-22-16-30-27(33-24(22)36-9-11-40-12-10-36)35-34-26(39)23-8-7-20(15-29-23)31-18-4-1-3-17(13-18)25(38)32-19-5-2-6-21(37)14-19/h1-8,13-16,31,37H,9-12H2,(H,32,38)(H,34,39)(H,30,33,35). The molecule has 3 heterocycles. The number of pyridine rings is 1. The van der Waals surface area contributed by atoms with Crippen LogP contribution in [0.1, 0.15) is 20.8 Å². The monoisotopic (exact) mass is 544 g/mol. The van der Waals surface area contributed by atoms with Crippen molar-refractivity contribution in [3.05, 3.63) is 90.1 Å². The molecular weight excluding hydrogens is 519 g/mol. The van der Waals surface area contributed by atoms with Crippen LogP contribution in [0.25, 0.3) is 0 Å². The zero-order chi connectivity index (χ0) is 27.9. The smallest absolute Gasteiger partial charge is 0.288 e. The van der Waals surface area contributed by atoms with Crippen LogP contribution in [-0.2, 0) is 4.74 Å². The minimum Gasteiger partial charge on any atom is -0.508 e. The maximum Gasteiger partial charge on any atom is 0.288 e. The van der Waals surface area contributed by atoms with Gasteiger partial charge in [-0.25, -0.2) is 14.4 Å². The molecule has 12 nitrogen and oxygen atoms in total. The summed E-state index contributed by atoms with van der Waals surface area (Å²) in [7, 11) is 0. The molecule has 0 radical (unpaired) electrons. The van der Waals surface area contributed by atoms with Crippen molar-refractivity contribution in [1.82, 2.24) is 20.4 Å². The van der Waals surface area contributed by atoms with Crippen LogP contribution in [0.4, 0.5) is 33.2 Å². The Morgan fingerprint density at radius 2 is 1.70 bits per heavy atom. The molecule has 13 heteroatoms. The van der Waals surface area contributed by atoms with E-state index < -0.39 is 11.7 Å². The molecule has 2 aromatic carbocycles. The molecule has 1 saturated heterocycles. The molecule has 2 amide bonds. The van der Waals surface area contributed by atoms with Crippen molar-refractivity contribution in [2.75, 3.05) is 47.3 Å². The van der Waals surface area contributed by atoms with Crippen molar-refractivity contribution in [2.24, 2.45) is 0 Å². The van der Waals surface area contributed by atoms with E-state index in [1.807, 2.05) is 0 Å². The molecule has 5 N–H and O–H groups in total. The van der Waals surface area contributed by atoms with Gasteiger partial charge in [0, 0.05) is 36.1 Å². The SMILES string of the molecule is O=C(Nc1cccc(O)c1)c1cccc(Nc2ccc(C(=O)NNc3ncc(F)c(N4CCOCC4)n3)nc2)c1. The van der Waals surface area contributed by atoms with Gasteiger partial charge in [0.1, 0.15) is 11.4 Å². The van der Waals surface area contributed by atoms with E-state index in [-0.39, 0.29) is 29.1 Å². The summed E-state index contributed by atoms with van der Waals surface area (Å²) in [6.07, 6.45) is 2.51. The van der Waals surface area contributed by atoms with Crippen LogP contribution in [0.3, 0.4) is 0 Å². The van der Waals surface area contributed by atoms with Crippen molar-refractivity contribution < 1.29 is 23.8 Å². The van der Waals surface area contributed by atoms with Gasteiger partial charge in [-0.2, -0.15) is 4.98 Å². The van der Waals surface area contributed by atoms with Gasteiger partial charge in [-0.3, -0.25) is 20.4 Å². The molecule has 0 aliphatic carbocycles. The number of phenolic OH excluding ortho intramolecular Hbond substituents is 1. The van der Waals surface area contributed by atoms with Gasteiger partial charge >= 0.3 is 0 Å². The number of nitrogens with zero attached hydrogens (tertiary/aromatic N) is 4. The number of anilines is 5. The molecule has 0 atom stereocenters. The first-order valence-corrected chi connectivity index (χ1v) is 12.3. The number of halogens is 1. The largest absolute Gasteiger partial charge is 0.508 e. The lowest BCUT2D eigenvalue weighted by Crippen LogP contribution is -2.38. The van der Waals surface area contributed by atoms with E-state index in [0.29, 0.717) is 48.9 Å². The topological polar surface area (TPSA) is 154 Å². The number of benzene rings is 2. The molecule has 1 aliphatic rings. The molecular formula is C27H25FN8O4. The van der Waals surface area contributed by atoms with Gasteiger partial charge in [0.05, 0.1) is 31.3 Å². The number of carbonyl (C=O) groups is 2. The molecule has 0 saturated carbocycles. The average molecular weight is 545 g/mol. The first kappa shape index (κ1) is 26.3. The molecule has 4 aromatic rings. The van der Waals surface area contributed by atoms with Gasteiger partial charge in [0.2, 0.25) is 5.95 Å². The van der Waals surface area contributed by atoms with E-state index in [9.17, 15) is 19.1 Å². The van der Waals surface area contributed by atoms with Gasteiger partial charge in [-0.15, -0.1) is 0 Å². The predicted octanol–water partition coefficient (Wildman–Crippen LogP) is 3.31. The minimum absolute atomic E-state index is 0.0301. The fourth-order valence-corrected chi connectivity index (χ4v) is 3.89. The van der Waals surface area contributed by atoms with E-state index in [1.165, 1.54) is 24.4 Å². The van der Waals surface area contributed by atoms with Gasteiger partial charge in [-0.1, -0.05) is 12.1 Å². The predicted molar refractivity (Wildman–Crippen MR) is 146 cm³/mol. The van der Waals surface area contributed by atoms with Gasteiger partial charge in [0.15, 0.2) is 11.6 Å². The summed E-state index contributed by atoms with van der Waals surface area (Å²) in [6.45, 7) is 1.95. The highest BCUT2D eigenvalue weighted by Crippen LogP contribution is 2.21. The first-order chi connectivity index (χ1) is 19.4. The summed E-state index contributed by atoms with van der Waals surface area (Å²) < 4.78 is 19.5. The maximum atomic E-state index is 14.2. The molecule has 0 unspecified atom stereocenters. The highest BCUT2D eigenvalue weighted by atomic mass is 19.1. The zero-order valence-corrected chi connectivity index (χ0v) is 21.1. The van der Waals surface area contributed by atoms with Crippen molar-refractivity contribution in [3.63, 3.8) is 0 Å². The molecule has 40 heavy (non-hydrogen) atoms. The van der Waals surface area contributed by atoms with E-state index >= 15 is 0 Å². The third-order valence-electron chi connectivity index (χ3n) is 5.84. The van der Waals surface area contributed by atoms with Crippen molar-refractivity contribution in [3.8, 4) is 5.75 Å². The third kappa shape index (κ3) is 6.57. The molecule has 1 fully saturated rings. The lowest BCUT2D eigenvalue weighted by Gasteiger charge is -2.28. The Hall–Kier alpha value is -5.30. The number of hydrogen-bond acceptors (Lipinski definition) is 10. The van der Waals surface area contributed by atoms with E-state index in [1.54, 1.807) is 47.4 Å². The normalized spacial score (nSPS) is 12.9. The van der Waals surface area contributed by atoms with Crippen molar-refractivity contribution >= 4 is 40.6 Å². The van der Waals surface area contributed by atoms with Crippen LogP contribution in [0.2, 0.25) is 0 Å². The van der Waals surface area contributed by atoms with Crippen LogP contribution in [0, 0.1) is 5.82 Å². The third-order valence-corrected chi connectivity index (χ3v) is 5.84. The lowest BCUT2D eigenvalue weighted by atomic mass is 10.1. The summed E-state index contributed by atoms with van der Waals surface area (Å²) in [5.41, 5.74) is 7.26. The van der Waals surface area contributed by atoms with Crippen molar-refractivity contribution in [1.29, 1.82) is 0 Å². The summed E-state index contributed by atoms with van der Waals surface area (Å²) in [5.74, 6) is -1.24. The molecule has 0 spiro atoms. The molecule has 2 aromatic heterocycles. The minimum atomic E-state index is -0.564. The van der Waals surface area contributed by atoms with E-state index in [4.69, 9.17) is 4.74 Å². The highest BCUT2D eigenvalue weighted by molar-refractivity contribution is 6.05.